The Morgan fingerprint density at radius 1 is 1.11 bits per heavy atom. The molecule has 0 aliphatic heterocycles. The number of carbonyl (C=O) groups is 2. The van der Waals surface area contributed by atoms with Crippen LogP contribution in [0.25, 0.3) is 0 Å². The van der Waals surface area contributed by atoms with E-state index in [1.807, 2.05) is 43.3 Å². The Balaban J connectivity index is 1.19. The van der Waals surface area contributed by atoms with Gasteiger partial charge in [0.25, 0.3) is 5.91 Å². The minimum absolute atomic E-state index is 0.00585. The van der Waals surface area contributed by atoms with Gasteiger partial charge >= 0.3 is 5.97 Å². The summed E-state index contributed by atoms with van der Waals surface area (Å²) in [5.74, 6) is 0.125. The summed E-state index contributed by atoms with van der Waals surface area (Å²) in [4.78, 5) is 29.3. The minimum Gasteiger partial charge on any atom is -0.480 e. The fourth-order valence-corrected chi connectivity index (χ4v) is 7.96. The molecule has 7 atom stereocenters. The van der Waals surface area contributed by atoms with Gasteiger partial charge in [-0.1, -0.05) is 61.0 Å². The van der Waals surface area contributed by atoms with Crippen molar-refractivity contribution in [3.8, 4) is 0 Å². The summed E-state index contributed by atoms with van der Waals surface area (Å²) in [6.07, 6.45) is 12.8. The third-order valence-electron chi connectivity index (χ3n) is 10.4. The first-order chi connectivity index (χ1) is 18.0. The molecule has 1 aromatic rings. The zero-order valence-corrected chi connectivity index (χ0v) is 22.7. The largest absolute Gasteiger partial charge is 0.480 e. The lowest BCUT2D eigenvalue weighted by Gasteiger charge is -2.58. The second-order valence-corrected chi connectivity index (χ2v) is 12.4. The summed E-state index contributed by atoms with van der Waals surface area (Å²) in [6.45, 7) is 6.34. The number of oxime groups is 1. The van der Waals surface area contributed by atoms with Crippen LogP contribution in [0.3, 0.4) is 0 Å². The van der Waals surface area contributed by atoms with Gasteiger partial charge in [0, 0.05) is 11.8 Å². The van der Waals surface area contributed by atoms with Crippen LogP contribution < -0.4 is 5.32 Å². The van der Waals surface area contributed by atoms with Crippen molar-refractivity contribution in [3.05, 3.63) is 59.7 Å². The number of carboxylic acids is 1. The molecule has 38 heavy (non-hydrogen) atoms. The Morgan fingerprint density at radius 3 is 2.58 bits per heavy atom. The smallest absolute Gasteiger partial charge is 0.326 e. The lowest BCUT2D eigenvalue weighted by atomic mass is 9.47. The van der Waals surface area contributed by atoms with E-state index in [-0.39, 0.29) is 23.9 Å². The average molecular weight is 521 g/mol. The maximum Gasteiger partial charge on any atom is 0.326 e. The number of aliphatic hydroxyl groups is 1. The fourth-order valence-electron chi connectivity index (χ4n) is 7.96. The van der Waals surface area contributed by atoms with Crippen molar-refractivity contribution in [3.63, 3.8) is 0 Å². The quantitative estimate of drug-likeness (QED) is 0.453. The number of hydrogen-bond donors (Lipinski definition) is 3. The fraction of sp³-hybridized carbons (Fsp3) is 0.581. The SMILES string of the molecule is C[C@]12C=CC(=NOCC(=O)N[C@@H](Cc3ccccc3)C(=O)O)C=C1CC[C@@H]1[C@@H]2CC[C@@]2(C)[C@H]1CC[C@]2(C)O. The van der Waals surface area contributed by atoms with E-state index in [1.165, 1.54) is 5.57 Å². The van der Waals surface area contributed by atoms with Crippen LogP contribution in [0.1, 0.15) is 64.9 Å². The third kappa shape index (κ3) is 4.70. The second-order valence-electron chi connectivity index (χ2n) is 12.4. The van der Waals surface area contributed by atoms with Crippen molar-refractivity contribution < 1.29 is 24.6 Å². The summed E-state index contributed by atoms with van der Waals surface area (Å²) in [5, 5.41) is 27.3. The Morgan fingerprint density at radius 2 is 1.84 bits per heavy atom. The molecule has 3 saturated carbocycles. The van der Waals surface area contributed by atoms with Crippen LogP contribution in [0, 0.1) is 28.6 Å². The molecule has 4 aliphatic rings. The molecule has 1 aromatic carbocycles. The van der Waals surface area contributed by atoms with Crippen LogP contribution in [-0.2, 0) is 20.8 Å². The number of amides is 1. The molecule has 0 unspecified atom stereocenters. The zero-order valence-electron chi connectivity index (χ0n) is 22.7. The number of benzene rings is 1. The number of carboxylic acid groups (broad SMARTS) is 1. The molecular formula is C31H40N2O5. The molecule has 0 spiro atoms. The molecular weight excluding hydrogens is 480 g/mol. The molecule has 0 heterocycles. The van der Waals surface area contributed by atoms with Crippen LogP contribution in [0.2, 0.25) is 0 Å². The van der Waals surface area contributed by atoms with Gasteiger partial charge in [0.05, 0.1) is 5.60 Å². The van der Waals surface area contributed by atoms with Crippen LogP contribution in [-0.4, -0.2) is 46.1 Å². The third-order valence-corrected chi connectivity index (χ3v) is 10.4. The lowest BCUT2D eigenvalue weighted by molar-refractivity contribution is -0.142. The average Bonchev–Trinajstić information content (AvgIpc) is 3.13. The summed E-state index contributed by atoms with van der Waals surface area (Å²) in [6, 6.07) is 8.16. The highest BCUT2D eigenvalue weighted by Crippen LogP contribution is 2.66. The van der Waals surface area contributed by atoms with Gasteiger partial charge in [0.2, 0.25) is 0 Å². The first-order valence-corrected chi connectivity index (χ1v) is 13.9. The topological polar surface area (TPSA) is 108 Å². The van der Waals surface area contributed by atoms with Gasteiger partial charge in [-0.25, -0.2) is 4.79 Å². The monoisotopic (exact) mass is 520 g/mol. The summed E-state index contributed by atoms with van der Waals surface area (Å²) in [5.41, 5.74) is 2.27. The molecule has 7 heteroatoms. The van der Waals surface area contributed by atoms with Crippen molar-refractivity contribution in [2.45, 2.75) is 77.4 Å². The number of nitrogens with zero attached hydrogens (tertiary/aromatic N) is 1. The number of fused-ring (bicyclic) bond motifs is 5. The minimum atomic E-state index is -1.09. The molecule has 204 valence electrons. The van der Waals surface area contributed by atoms with Crippen molar-refractivity contribution >= 4 is 17.6 Å². The second kappa shape index (κ2) is 9.99. The molecule has 4 aliphatic carbocycles. The van der Waals surface area contributed by atoms with E-state index in [9.17, 15) is 19.8 Å². The van der Waals surface area contributed by atoms with Gasteiger partial charge in [0.15, 0.2) is 6.61 Å². The molecule has 1 amide bonds. The van der Waals surface area contributed by atoms with Gasteiger partial charge in [0.1, 0.15) is 11.8 Å². The van der Waals surface area contributed by atoms with E-state index < -0.39 is 23.5 Å². The van der Waals surface area contributed by atoms with Crippen LogP contribution >= 0.6 is 0 Å². The Kier molecular flexibility index (Phi) is 7.01. The van der Waals surface area contributed by atoms with E-state index in [0.29, 0.717) is 23.5 Å². The van der Waals surface area contributed by atoms with Gasteiger partial charge in [-0.15, -0.1) is 0 Å². The Bertz CT molecular complexity index is 1170. The van der Waals surface area contributed by atoms with Crippen molar-refractivity contribution in [1.29, 1.82) is 0 Å². The summed E-state index contributed by atoms with van der Waals surface area (Å²) in [7, 11) is 0. The van der Waals surface area contributed by atoms with Crippen molar-refractivity contribution in [2.24, 2.45) is 33.7 Å². The maximum atomic E-state index is 12.4. The Hall–Kier alpha value is -2.93. The highest BCUT2D eigenvalue weighted by molar-refractivity contribution is 6.05. The van der Waals surface area contributed by atoms with Gasteiger partial charge < -0.3 is 20.4 Å². The number of allylic oxidation sites excluding steroid dienone is 4. The molecule has 3 N–H and O–H groups in total. The number of aliphatic carboxylic acids is 1. The normalized spacial score (nSPS) is 37.4. The molecule has 5 rings (SSSR count). The highest BCUT2D eigenvalue weighted by atomic mass is 16.6. The van der Waals surface area contributed by atoms with E-state index >= 15 is 0 Å². The summed E-state index contributed by atoms with van der Waals surface area (Å²) >= 11 is 0. The molecule has 3 fully saturated rings. The van der Waals surface area contributed by atoms with E-state index in [1.54, 1.807) is 0 Å². The number of carbonyl (C=O) groups excluding carboxylic acids is 1. The van der Waals surface area contributed by atoms with Gasteiger partial charge in [-0.2, -0.15) is 0 Å². The molecule has 0 aromatic heterocycles. The number of hydrogen-bond acceptors (Lipinski definition) is 5. The van der Waals surface area contributed by atoms with Crippen LogP contribution in [0.5, 0.6) is 0 Å². The van der Waals surface area contributed by atoms with E-state index in [0.717, 1.165) is 44.1 Å². The number of rotatable bonds is 7. The van der Waals surface area contributed by atoms with Crippen molar-refractivity contribution in [2.75, 3.05) is 6.61 Å². The molecule has 7 nitrogen and oxygen atoms in total. The number of nitrogens with one attached hydrogen (secondary N) is 1. The predicted molar refractivity (Wildman–Crippen MR) is 145 cm³/mol. The standard InChI is InChI=1S/C31H40N2O5/c1-29-14-11-22(33-38-19-27(34)32-26(28(35)36)17-20-7-5-4-6-8-20)18-21(29)9-10-23-24(29)12-15-30(2)25(23)13-16-31(30,3)37/h4-8,11,14,18,23-26,37H,9-10,12-13,15-17,19H2,1-3H3,(H,32,34)(H,35,36)/t23-,24+,25+,26+,29+,30+,31+/m1/s1. The highest BCUT2D eigenvalue weighted by Gasteiger charge is 2.61. The lowest BCUT2D eigenvalue weighted by Crippen LogP contribution is -2.53. The first-order valence-electron chi connectivity index (χ1n) is 13.9. The van der Waals surface area contributed by atoms with E-state index in [4.69, 9.17) is 4.84 Å². The molecule has 0 bridgehead atoms. The zero-order chi connectivity index (χ0) is 27.1. The van der Waals surface area contributed by atoms with Crippen molar-refractivity contribution in [1.82, 2.24) is 5.32 Å². The van der Waals surface area contributed by atoms with Crippen LogP contribution in [0.15, 0.2) is 59.3 Å². The van der Waals surface area contributed by atoms with Gasteiger partial charge in [-0.05, 0) is 86.3 Å². The Labute approximate surface area is 225 Å². The summed E-state index contributed by atoms with van der Waals surface area (Å²) < 4.78 is 0. The van der Waals surface area contributed by atoms with Gasteiger partial charge in [-0.3, -0.25) is 4.79 Å². The maximum absolute atomic E-state index is 12.4. The first kappa shape index (κ1) is 26.7. The van der Waals surface area contributed by atoms with Crippen LogP contribution in [0.4, 0.5) is 0 Å². The molecule has 0 radical (unpaired) electrons. The predicted octanol–water partition coefficient (Wildman–Crippen LogP) is 4.66. The molecule has 0 saturated heterocycles. The van der Waals surface area contributed by atoms with E-state index in [2.05, 4.69) is 36.5 Å².